The summed E-state index contributed by atoms with van der Waals surface area (Å²) < 4.78 is 7.61. The quantitative estimate of drug-likeness (QED) is 0.878. The Hall–Kier alpha value is -0.580. The van der Waals surface area contributed by atoms with Crippen molar-refractivity contribution >= 4 is 11.6 Å². The molecule has 0 aliphatic rings. The first-order valence-corrected chi connectivity index (χ1v) is 7.54. The van der Waals surface area contributed by atoms with E-state index in [0.29, 0.717) is 0 Å². The Labute approximate surface area is 127 Å². The van der Waals surface area contributed by atoms with Gasteiger partial charge in [-0.05, 0) is 18.9 Å². The van der Waals surface area contributed by atoms with Gasteiger partial charge in [0, 0.05) is 26.6 Å². The molecule has 5 heteroatoms. The van der Waals surface area contributed by atoms with Gasteiger partial charge in [0.1, 0.15) is 0 Å². The van der Waals surface area contributed by atoms with Gasteiger partial charge in [0.15, 0.2) is 0 Å². The number of nitrogens with one attached hydrogen (secondary N) is 1. The molecule has 1 N–H and O–H groups in total. The minimum Gasteiger partial charge on any atom is -0.379 e. The molecule has 20 heavy (non-hydrogen) atoms. The van der Waals surface area contributed by atoms with Crippen LogP contribution in [0, 0.1) is 5.41 Å². The van der Waals surface area contributed by atoms with Crippen molar-refractivity contribution in [1.29, 1.82) is 0 Å². The van der Waals surface area contributed by atoms with Gasteiger partial charge in [0.05, 0.1) is 22.5 Å². The molecule has 4 nitrogen and oxygen atoms in total. The number of rotatable bonds is 6. The first-order chi connectivity index (χ1) is 9.26. The number of ether oxygens (including phenoxy) is 1. The van der Waals surface area contributed by atoms with Crippen LogP contribution in [0.3, 0.4) is 0 Å². The third kappa shape index (κ3) is 3.74. The van der Waals surface area contributed by atoms with E-state index in [4.69, 9.17) is 16.3 Å². The number of methoxy groups -OCH3 is 1. The predicted molar refractivity (Wildman–Crippen MR) is 84.4 cm³/mol. The van der Waals surface area contributed by atoms with Crippen molar-refractivity contribution in [3.63, 3.8) is 0 Å². The largest absolute Gasteiger partial charge is 0.379 e. The predicted octanol–water partition coefficient (Wildman–Crippen LogP) is 2.83. The Bertz CT molecular complexity index is 437. The highest BCUT2D eigenvalue weighted by Crippen LogP contribution is 2.28. The van der Waals surface area contributed by atoms with Crippen molar-refractivity contribution in [2.24, 2.45) is 12.5 Å². The second-order valence-electron chi connectivity index (χ2n) is 6.31. The third-order valence-electron chi connectivity index (χ3n) is 3.76. The number of hydrogen-bond donors (Lipinski definition) is 1. The summed E-state index contributed by atoms with van der Waals surface area (Å²) >= 11 is 6.44. The number of aromatic nitrogens is 2. The van der Waals surface area contributed by atoms with Crippen LogP contribution in [0.5, 0.6) is 0 Å². The van der Waals surface area contributed by atoms with Crippen LogP contribution in [0.4, 0.5) is 0 Å². The molecule has 1 aromatic rings. The summed E-state index contributed by atoms with van der Waals surface area (Å²) in [4.78, 5) is 0. The minimum absolute atomic E-state index is 0.0566. The van der Waals surface area contributed by atoms with Gasteiger partial charge < -0.3 is 10.1 Å². The first-order valence-electron chi connectivity index (χ1n) is 7.16. The molecule has 2 unspecified atom stereocenters. The molecule has 0 spiro atoms. The molecule has 0 saturated carbocycles. The van der Waals surface area contributed by atoms with Crippen molar-refractivity contribution in [1.82, 2.24) is 15.1 Å². The van der Waals surface area contributed by atoms with Crippen molar-refractivity contribution in [2.45, 2.75) is 52.7 Å². The lowest BCUT2D eigenvalue weighted by Gasteiger charge is -2.36. The Morgan fingerprint density at radius 2 is 2.00 bits per heavy atom. The van der Waals surface area contributed by atoms with Gasteiger partial charge in [-0.25, -0.2) is 0 Å². The zero-order chi connectivity index (χ0) is 15.5. The Kier molecular flexibility index (Phi) is 6.05. The molecule has 0 aromatic carbocycles. The van der Waals surface area contributed by atoms with Crippen LogP contribution in [0.25, 0.3) is 0 Å². The summed E-state index contributed by atoms with van der Waals surface area (Å²) in [5.74, 6) is 0. The fourth-order valence-corrected chi connectivity index (χ4v) is 3.10. The second-order valence-corrected chi connectivity index (χ2v) is 6.68. The Balaban J connectivity index is 3.02. The van der Waals surface area contributed by atoms with Crippen LogP contribution < -0.4 is 5.32 Å². The molecule has 0 fully saturated rings. The van der Waals surface area contributed by atoms with Crippen molar-refractivity contribution in [2.75, 3.05) is 14.2 Å². The van der Waals surface area contributed by atoms with Crippen molar-refractivity contribution < 1.29 is 4.74 Å². The maximum absolute atomic E-state index is 6.44. The van der Waals surface area contributed by atoms with E-state index in [2.05, 4.69) is 38.1 Å². The monoisotopic (exact) mass is 301 g/mol. The fraction of sp³-hybridized carbons (Fsp3) is 0.800. The molecule has 1 aromatic heterocycles. The van der Waals surface area contributed by atoms with E-state index in [9.17, 15) is 0 Å². The van der Waals surface area contributed by atoms with Crippen molar-refractivity contribution in [3.8, 4) is 0 Å². The topological polar surface area (TPSA) is 39.1 Å². The van der Waals surface area contributed by atoms with E-state index in [-0.39, 0.29) is 17.6 Å². The summed E-state index contributed by atoms with van der Waals surface area (Å²) in [6, 6.07) is 0.192. The van der Waals surface area contributed by atoms with Gasteiger partial charge in [0.2, 0.25) is 0 Å². The van der Waals surface area contributed by atoms with Crippen LogP contribution in [-0.4, -0.2) is 36.1 Å². The number of aryl methyl sites for hydroxylation is 2. The average Bonchev–Trinajstić information content (AvgIpc) is 2.63. The number of likely N-dealkylation sites (N-methyl/N-ethyl adjacent to an activating group) is 1. The highest BCUT2D eigenvalue weighted by molar-refractivity contribution is 6.31. The Morgan fingerprint density at radius 3 is 2.35 bits per heavy atom. The molecule has 0 saturated heterocycles. The smallest absolute Gasteiger partial charge is 0.0850 e. The van der Waals surface area contributed by atoms with E-state index in [1.54, 1.807) is 7.11 Å². The van der Waals surface area contributed by atoms with E-state index >= 15 is 0 Å². The van der Waals surface area contributed by atoms with E-state index < -0.39 is 0 Å². The lowest BCUT2D eigenvalue weighted by atomic mass is 9.83. The maximum atomic E-state index is 6.44. The number of nitrogens with zero attached hydrogens (tertiary/aromatic N) is 2. The van der Waals surface area contributed by atoms with Gasteiger partial charge in [-0.3, -0.25) is 4.68 Å². The molecule has 0 aliphatic heterocycles. The zero-order valence-corrected chi connectivity index (χ0v) is 14.5. The second kappa shape index (κ2) is 6.92. The van der Waals surface area contributed by atoms with Crippen LogP contribution in [0.2, 0.25) is 5.02 Å². The SMILES string of the molecule is CCc1nn(C)c(CC(NC)C(OC)C(C)(C)C)c1Cl. The standard InChI is InChI=1S/C15H28ClN3O/c1-8-10-13(16)12(19(6)18-10)9-11(17-5)14(20-7)15(2,3)4/h11,14,17H,8-9H2,1-7H3. The van der Waals surface area contributed by atoms with Gasteiger partial charge >= 0.3 is 0 Å². The molecular formula is C15H28ClN3O. The van der Waals surface area contributed by atoms with Crippen LogP contribution in [0.1, 0.15) is 39.1 Å². The lowest BCUT2D eigenvalue weighted by molar-refractivity contribution is -0.00959. The molecule has 0 radical (unpaired) electrons. The summed E-state index contributed by atoms with van der Waals surface area (Å²) in [5, 5.41) is 8.64. The van der Waals surface area contributed by atoms with E-state index in [1.165, 1.54) is 0 Å². The summed E-state index contributed by atoms with van der Waals surface area (Å²) in [7, 11) is 5.68. The van der Waals surface area contributed by atoms with Crippen LogP contribution in [0.15, 0.2) is 0 Å². The summed E-state index contributed by atoms with van der Waals surface area (Å²) in [6.45, 7) is 8.64. The number of hydrogen-bond acceptors (Lipinski definition) is 3. The molecule has 116 valence electrons. The van der Waals surface area contributed by atoms with Gasteiger partial charge in [-0.1, -0.05) is 39.3 Å². The van der Waals surface area contributed by atoms with Crippen molar-refractivity contribution in [3.05, 3.63) is 16.4 Å². The summed E-state index contributed by atoms with van der Waals surface area (Å²) in [5.41, 5.74) is 2.08. The lowest BCUT2D eigenvalue weighted by Crippen LogP contribution is -2.48. The minimum atomic E-state index is 0.0566. The van der Waals surface area contributed by atoms with Gasteiger partial charge in [-0.15, -0.1) is 0 Å². The fourth-order valence-electron chi connectivity index (χ4n) is 2.73. The molecule has 0 amide bonds. The number of halogens is 1. The van der Waals surface area contributed by atoms with Crippen LogP contribution >= 0.6 is 11.6 Å². The molecule has 0 bridgehead atoms. The molecule has 0 aliphatic carbocycles. The molecule has 1 rings (SSSR count). The molecule has 2 atom stereocenters. The molecule has 1 heterocycles. The average molecular weight is 302 g/mol. The van der Waals surface area contributed by atoms with E-state index in [0.717, 1.165) is 29.3 Å². The highest BCUT2D eigenvalue weighted by atomic mass is 35.5. The van der Waals surface area contributed by atoms with Gasteiger partial charge in [-0.2, -0.15) is 5.10 Å². The van der Waals surface area contributed by atoms with Crippen LogP contribution in [-0.2, 0) is 24.6 Å². The summed E-state index contributed by atoms with van der Waals surface area (Å²) in [6.07, 6.45) is 1.75. The normalized spacial score (nSPS) is 15.4. The maximum Gasteiger partial charge on any atom is 0.0850 e. The molecular weight excluding hydrogens is 274 g/mol. The zero-order valence-electron chi connectivity index (χ0n) is 13.7. The van der Waals surface area contributed by atoms with Gasteiger partial charge in [0.25, 0.3) is 0 Å². The Morgan fingerprint density at radius 1 is 1.40 bits per heavy atom. The first kappa shape index (κ1) is 17.5. The highest BCUT2D eigenvalue weighted by Gasteiger charge is 2.32. The third-order valence-corrected chi connectivity index (χ3v) is 4.20. The van der Waals surface area contributed by atoms with E-state index in [1.807, 2.05) is 18.8 Å².